The Balaban J connectivity index is 2.73. The molecule has 3 heteroatoms. The van der Waals surface area contributed by atoms with E-state index in [-0.39, 0.29) is 18.1 Å². The van der Waals surface area contributed by atoms with Crippen LogP contribution < -0.4 is 10.1 Å². The number of aryl methyl sites for hydroxylation is 1. The number of aliphatic hydroxyl groups is 1. The highest BCUT2D eigenvalue weighted by atomic mass is 16.5. The summed E-state index contributed by atoms with van der Waals surface area (Å²) < 4.78 is 5.69. The van der Waals surface area contributed by atoms with Gasteiger partial charge in [-0.1, -0.05) is 13.8 Å². The van der Waals surface area contributed by atoms with Gasteiger partial charge in [-0.05, 0) is 57.4 Å². The van der Waals surface area contributed by atoms with Crippen molar-refractivity contribution in [2.75, 3.05) is 18.5 Å². The van der Waals surface area contributed by atoms with Crippen molar-refractivity contribution in [3.63, 3.8) is 0 Å². The third-order valence-electron chi connectivity index (χ3n) is 4.06. The molecule has 0 atom stereocenters. The van der Waals surface area contributed by atoms with Crippen LogP contribution in [0, 0.1) is 12.3 Å². The Morgan fingerprint density at radius 3 is 2.35 bits per heavy atom. The molecule has 0 bridgehead atoms. The molecule has 3 nitrogen and oxygen atoms in total. The van der Waals surface area contributed by atoms with Crippen molar-refractivity contribution in [2.24, 2.45) is 5.41 Å². The second-order valence-corrected chi connectivity index (χ2v) is 5.86. The number of hydrogen-bond acceptors (Lipinski definition) is 3. The first-order valence-electron chi connectivity index (χ1n) is 7.58. The van der Waals surface area contributed by atoms with Crippen LogP contribution >= 0.6 is 0 Å². The zero-order valence-corrected chi connectivity index (χ0v) is 13.5. The van der Waals surface area contributed by atoms with Gasteiger partial charge in [-0.25, -0.2) is 0 Å². The van der Waals surface area contributed by atoms with Crippen LogP contribution in [-0.2, 0) is 0 Å². The molecule has 1 rings (SSSR count). The minimum atomic E-state index is -0.0282. The smallest absolute Gasteiger partial charge is 0.120 e. The lowest BCUT2D eigenvalue weighted by Crippen LogP contribution is -2.32. The molecular formula is C17H29NO2. The number of anilines is 1. The van der Waals surface area contributed by atoms with E-state index in [9.17, 15) is 5.11 Å². The number of aliphatic hydroxyl groups excluding tert-OH is 1. The molecule has 2 N–H and O–H groups in total. The van der Waals surface area contributed by atoms with Crippen molar-refractivity contribution in [1.29, 1.82) is 0 Å². The number of nitrogens with one attached hydrogen (secondary N) is 1. The van der Waals surface area contributed by atoms with Crippen molar-refractivity contribution in [3.05, 3.63) is 23.8 Å². The molecule has 114 valence electrons. The monoisotopic (exact) mass is 279 g/mol. The topological polar surface area (TPSA) is 41.5 Å². The highest BCUT2D eigenvalue weighted by molar-refractivity contribution is 5.53. The maximum absolute atomic E-state index is 9.61. The van der Waals surface area contributed by atoms with Crippen LogP contribution in [0.25, 0.3) is 0 Å². The van der Waals surface area contributed by atoms with E-state index in [1.807, 2.05) is 19.9 Å². The fourth-order valence-corrected chi connectivity index (χ4v) is 2.24. The van der Waals surface area contributed by atoms with Crippen LogP contribution in [-0.4, -0.2) is 24.4 Å². The van der Waals surface area contributed by atoms with Gasteiger partial charge in [-0.3, -0.25) is 0 Å². The van der Waals surface area contributed by atoms with E-state index in [0.717, 1.165) is 30.8 Å². The summed E-state index contributed by atoms with van der Waals surface area (Å²) in [5.41, 5.74) is 2.25. The second-order valence-electron chi connectivity index (χ2n) is 5.86. The quantitative estimate of drug-likeness (QED) is 0.756. The number of ether oxygens (including phenoxy) is 1. The van der Waals surface area contributed by atoms with Crippen molar-refractivity contribution in [2.45, 2.75) is 53.6 Å². The molecule has 1 aromatic carbocycles. The number of benzene rings is 1. The van der Waals surface area contributed by atoms with E-state index >= 15 is 0 Å². The predicted octanol–water partition coefficient (Wildman–Crippen LogP) is 3.99. The normalized spacial score (nSPS) is 11.8. The van der Waals surface area contributed by atoms with Crippen LogP contribution in [0.3, 0.4) is 0 Å². The van der Waals surface area contributed by atoms with E-state index in [0.29, 0.717) is 0 Å². The van der Waals surface area contributed by atoms with Gasteiger partial charge in [0.15, 0.2) is 0 Å². The number of hydrogen-bond donors (Lipinski definition) is 2. The second kappa shape index (κ2) is 7.53. The Kier molecular flexibility index (Phi) is 6.34. The molecule has 0 spiro atoms. The van der Waals surface area contributed by atoms with Crippen LogP contribution in [0.1, 0.15) is 46.1 Å². The largest absolute Gasteiger partial charge is 0.491 e. The van der Waals surface area contributed by atoms with Crippen molar-refractivity contribution >= 4 is 5.69 Å². The van der Waals surface area contributed by atoms with Crippen LogP contribution in [0.4, 0.5) is 5.69 Å². The molecule has 0 aliphatic carbocycles. The van der Waals surface area contributed by atoms with E-state index in [4.69, 9.17) is 4.74 Å². The van der Waals surface area contributed by atoms with Crippen LogP contribution in [0.2, 0.25) is 0 Å². The van der Waals surface area contributed by atoms with Crippen molar-refractivity contribution in [3.8, 4) is 5.75 Å². The summed E-state index contributed by atoms with van der Waals surface area (Å²) in [5.74, 6) is 0.905. The first-order chi connectivity index (χ1) is 9.46. The Morgan fingerprint density at radius 1 is 1.25 bits per heavy atom. The highest BCUT2D eigenvalue weighted by Crippen LogP contribution is 2.28. The van der Waals surface area contributed by atoms with Gasteiger partial charge in [0.05, 0.1) is 12.7 Å². The molecule has 0 heterocycles. The fraction of sp³-hybridized carbons (Fsp3) is 0.647. The predicted molar refractivity (Wildman–Crippen MR) is 85.5 cm³/mol. The summed E-state index contributed by atoms with van der Waals surface area (Å²) in [4.78, 5) is 0. The molecular weight excluding hydrogens is 250 g/mol. The highest BCUT2D eigenvalue weighted by Gasteiger charge is 2.25. The Hall–Kier alpha value is -1.22. The van der Waals surface area contributed by atoms with Gasteiger partial charge in [-0.2, -0.15) is 0 Å². The molecule has 0 saturated carbocycles. The first-order valence-corrected chi connectivity index (χ1v) is 7.58. The maximum Gasteiger partial charge on any atom is 0.120 e. The van der Waals surface area contributed by atoms with Crippen molar-refractivity contribution in [1.82, 2.24) is 0 Å². The molecule has 20 heavy (non-hydrogen) atoms. The van der Waals surface area contributed by atoms with Gasteiger partial charge < -0.3 is 15.2 Å². The van der Waals surface area contributed by atoms with Crippen molar-refractivity contribution < 1.29 is 9.84 Å². The lowest BCUT2D eigenvalue weighted by Gasteiger charge is -2.30. The van der Waals surface area contributed by atoms with E-state index in [1.165, 1.54) is 5.56 Å². The molecule has 1 aromatic rings. The van der Waals surface area contributed by atoms with E-state index in [1.54, 1.807) is 0 Å². The molecule has 0 aliphatic heterocycles. The SMILES string of the molecule is CCC(CC)(CO)CNc1ccc(OC(C)C)cc1C. The molecule has 0 fully saturated rings. The summed E-state index contributed by atoms with van der Waals surface area (Å²) in [5, 5.41) is 13.1. The molecule has 0 saturated heterocycles. The first kappa shape index (κ1) is 16.8. The Morgan fingerprint density at radius 2 is 1.90 bits per heavy atom. The minimum Gasteiger partial charge on any atom is -0.491 e. The lowest BCUT2D eigenvalue weighted by atomic mass is 9.83. The average Bonchev–Trinajstić information content (AvgIpc) is 2.42. The van der Waals surface area contributed by atoms with Crippen LogP contribution in [0.5, 0.6) is 5.75 Å². The summed E-state index contributed by atoms with van der Waals surface area (Å²) in [6.45, 7) is 11.4. The zero-order valence-electron chi connectivity index (χ0n) is 13.5. The van der Waals surface area contributed by atoms with Gasteiger partial charge in [0, 0.05) is 17.6 Å². The molecule has 0 aromatic heterocycles. The van der Waals surface area contributed by atoms with E-state index < -0.39 is 0 Å². The fourth-order valence-electron chi connectivity index (χ4n) is 2.24. The van der Waals surface area contributed by atoms with Crippen LogP contribution in [0.15, 0.2) is 18.2 Å². The Labute approximate surface area is 123 Å². The third-order valence-corrected chi connectivity index (χ3v) is 4.06. The summed E-state index contributed by atoms with van der Waals surface area (Å²) >= 11 is 0. The molecule has 0 amide bonds. The maximum atomic E-state index is 9.61. The average molecular weight is 279 g/mol. The minimum absolute atomic E-state index is 0.0282. The standard InChI is InChI=1S/C17H29NO2/c1-6-17(7-2,12-19)11-18-16-9-8-15(10-14(16)5)20-13(3)4/h8-10,13,18-19H,6-7,11-12H2,1-5H3. The van der Waals surface area contributed by atoms with E-state index in [2.05, 4.69) is 38.2 Å². The van der Waals surface area contributed by atoms with Gasteiger partial charge in [-0.15, -0.1) is 0 Å². The number of rotatable bonds is 8. The summed E-state index contributed by atoms with van der Waals surface area (Å²) in [7, 11) is 0. The molecule has 0 aliphatic rings. The molecule has 0 unspecified atom stereocenters. The van der Waals surface area contributed by atoms with Gasteiger partial charge in [0.25, 0.3) is 0 Å². The molecule has 0 radical (unpaired) electrons. The van der Waals surface area contributed by atoms with Gasteiger partial charge >= 0.3 is 0 Å². The lowest BCUT2D eigenvalue weighted by molar-refractivity contribution is 0.127. The Bertz CT molecular complexity index is 403. The van der Waals surface area contributed by atoms with Gasteiger partial charge in [0.2, 0.25) is 0 Å². The third kappa shape index (κ3) is 4.41. The van der Waals surface area contributed by atoms with Gasteiger partial charge in [0.1, 0.15) is 5.75 Å². The summed E-state index contributed by atoms with van der Waals surface area (Å²) in [6.07, 6.45) is 2.14. The summed E-state index contributed by atoms with van der Waals surface area (Å²) in [6, 6.07) is 6.11. The zero-order chi connectivity index (χ0) is 15.2.